The van der Waals surface area contributed by atoms with Crippen molar-refractivity contribution >= 4 is 0 Å². The van der Waals surface area contributed by atoms with Crippen molar-refractivity contribution in [2.75, 3.05) is 20.6 Å². The molecule has 1 unspecified atom stereocenters. The van der Waals surface area contributed by atoms with Gasteiger partial charge in [-0.3, -0.25) is 0 Å². The summed E-state index contributed by atoms with van der Waals surface area (Å²) in [4.78, 5) is 2.12. The number of nitrogens with two attached hydrogens (primary N) is 1. The molecule has 0 aliphatic heterocycles. The minimum Gasteiger partial charge on any atom is -0.472 e. The molecule has 1 rings (SSSR count). The zero-order valence-electron chi connectivity index (χ0n) is 7.66. The van der Waals surface area contributed by atoms with Gasteiger partial charge in [0.2, 0.25) is 0 Å². The molecule has 0 aromatic carbocycles. The van der Waals surface area contributed by atoms with Crippen LogP contribution in [0, 0.1) is 0 Å². The van der Waals surface area contributed by atoms with Crippen molar-refractivity contribution in [3.8, 4) is 0 Å². The summed E-state index contributed by atoms with van der Waals surface area (Å²) in [5, 5.41) is 0. The molecule has 1 atom stereocenters. The standard InChI is InChI=1S/C9H16N2O/c1-11(2)5-3-9(10)8-4-6-12-7-8/h4,6-7,9H,3,5,10H2,1-2H3. The summed E-state index contributed by atoms with van der Waals surface area (Å²) >= 11 is 0. The first-order chi connectivity index (χ1) is 5.70. The molecule has 1 heterocycles. The molecule has 1 aromatic heterocycles. The second kappa shape index (κ2) is 4.28. The van der Waals surface area contributed by atoms with E-state index >= 15 is 0 Å². The van der Waals surface area contributed by atoms with Crippen LogP contribution >= 0.6 is 0 Å². The normalized spacial score (nSPS) is 13.7. The molecule has 0 spiro atoms. The van der Waals surface area contributed by atoms with Crippen LogP contribution in [0.15, 0.2) is 23.0 Å². The van der Waals surface area contributed by atoms with Gasteiger partial charge in [0.25, 0.3) is 0 Å². The van der Waals surface area contributed by atoms with E-state index in [1.165, 1.54) is 0 Å². The second-order valence-electron chi connectivity index (χ2n) is 3.26. The third kappa shape index (κ3) is 2.68. The van der Waals surface area contributed by atoms with Crippen LogP contribution in [0.5, 0.6) is 0 Å². The van der Waals surface area contributed by atoms with Gasteiger partial charge in [-0.05, 0) is 33.1 Å². The molecule has 12 heavy (non-hydrogen) atoms. The van der Waals surface area contributed by atoms with E-state index < -0.39 is 0 Å². The Balaban J connectivity index is 2.34. The van der Waals surface area contributed by atoms with Gasteiger partial charge in [-0.2, -0.15) is 0 Å². The molecule has 68 valence electrons. The van der Waals surface area contributed by atoms with Crippen LogP contribution in [0.4, 0.5) is 0 Å². The van der Waals surface area contributed by atoms with E-state index in [2.05, 4.69) is 4.90 Å². The fraction of sp³-hybridized carbons (Fsp3) is 0.556. The van der Waals surface area contributed by atoms with Gasteiger partial charge in [0.1, 0.15) is 0 Å². The number of rotatable bonds is 4. The second-order valence-corrected chi connectivity index (χ2v) is 3.26. The summed E-state index contributed by atoms with van der Waals surface area (Å²) < 4.78 is 4.95. The van der Waals surface area contributed by atoms with Crippen LogP contribution in [-0.2, 0) is 0 Å². The average molecular weight is 168 g/mol. The third-order valence-corrected chi connectivity index (χ3v) is 1.86. The summed E-state index contributed by atoms with van der Waals surface area (Å²) in [6.07, 6.45) is 4.33. The fourth-order valence-electron chi connectivity index (χ4n) is 1.05. The third-order valence-electron chi connectivity index (χ3n) is 1.86. The maximum atomic E-state index is 5.90. The van der Waals surface area contributed by atoms with Crippen molar-refractivity contribution in [2.45, 2.75) is 12.5 Å². The van der Waals surface area contributed by atoms with Crippen LogP contribution in [0.1, 0.15) is 18.0 Å². The predicted octanol–water partition coefficient (Wildman–Crippen LogP) is 1.23. The number of furan rings is 1. The molecule has 2 N–H and O–H groups in total. The summed E-state index contributed by atoms with van der Waals surface area (Å²) in [7, 11) is 4.09. The minimum atomic E-state index is 0.103. The molecule has 0 aliphatic rings. The highest BCUT2D eigenvalue weighted by Crippen LogP contribution is 2.13. The van der Waals surface area contributed by atoms with Crippen LogP contribution in [0.25, 0.3) is 0 Å². The molecule has 3 heteroatoms. The van der Waals surface area contributed by atoms with Gasteiger partial charge in [-0.15, -0.1) is 0 Å². The number of hydrogen-bond acceptors (Lipinski definition) is 3. The van der Waals surface area contributed by atoms with Crippen molar-refractivity contribution in [1.29, 1.82) is 0 Å². The molecule has 0 saturated carbocycles. The summed E-state index contributed by atoms with van der Waals surface area (Å²) in [6.45, 7) is 1.01. The Morgan fingerprint density at radius 1 is 1.58 bits per heavy atom. The number of nitrogens with zero attached hydrogens (tertiary/aromatic N) is 1. The van der Waals surface area contributed by atoms with Crippen LogP contribution < -0.4 is 5.73 Å². The highest BCUT2D eigenvalue weighted by atomic mass is 16.3. The first kappa shape index (κ1) is 9.29. The van der Waals surface area contributed by atoms with E-state index in [4.69, 9.17) is 10.2 Å². The SMILES string of the molecule is CN(C)CCC(N)c1ccoc1. The largest absolute Gasteiger partial charge is 0.472 e. The van der Waals surface area contributed by atoms with Gasteiger partial charge in [0, 0.05) is 11.6 Å². The highest BCUT2D eigenvalue weighted by Gasteiger charge is 2.06. The highest BCUT2D eigenvalue weighted by molar-refractivity contribution is 5.10. The molecule has 0 saturated heterocycles. The van der Waals surface area contributed by atoms with E-state index in [1.54, 1.807) is 12.5 Å². The molecule has 1 aromatic rings. The lowest BCUT2D eigenvalue weighted by atomic mass is 10.1. The van der Waals surface area contributed by atoms with Crippen molar-refractivity contribution in [3.63, 3.8) is 0 Å². The summed E-state index contributed by atoms with van der Waals surface area (Å²) in [5.41, 5.74) is 6.98. The van der Waals surface area contributed by atoms with Gasteiger partial charge in [0.15, 0.2) is 0 Å². The van der Waals surface area contributed by atoms with Gasteiger partial charge in [0.05, 0.1) is 12.5 Å². The Kier molecular flexibility index (Phi) is 3.31. The molecule has 0 bridgehead atoms. The Morgan fingerprint density at radius 3 is 2.83 bits per heavy atom. The van der Waals surface area contributed by atoms with E-state index in [-0.39, 0.29) is 6.04 Å². The summed E-state index contributed by atoms with van der Waals surface area (Å²) in [5.74, 6) is 0. The molecule has 0 radical (unpaired) electrons. The molecule has 0 fully saturated rings. The average Bonchev–Trinajstić information content (AvgIpc) is 2.51. The zero-order valence-corrected chi connectivity index (χ0v) is 7.66. The minimum absolute atomic E-state index is 0.103. The Hall–Kier alpha value is -0.800. The molecule has 3 nitrogen and oxygen atoms in total. The van der Waals surface area contributed by atoms with E-state index in [0.29, 0.717) is 0 Å². The Bertz CT molecular complexity index is 206. The van der Waals surface area contributed by atoms with Crippen molar-refractivity contribution in [2.24, 2.45) is 5.73 Å². The maximum absolute atomic E-state index is 5.90. The van der Waals surface area contributed by atoms with Crippen molar-refractivity contribution in [3.05, 3.63) is 24.2 Å². The lowest BCUT2D eigenvalue weighted by Crippen LogP contribution is -2.19. The lowest BCUT2D eigenvalue weighted by Gasteiger charge is -2.13. The first-order valence-corrected chi connectivity index (χ1v) is 4.12. The molecular formula is C9H16N2O. The number of hydrogen-bond donors (Lipinski definition) is 1. The Morgan fingerprint density at radius 2 is 2.33 bits per heavy atom. The Labute approximate surface area is 73.2 Å². The van der Waals surface area contributed by atoms with E-state index in [9.17, 15) is 0 Å². The van der Waals surface area contributed by atoms with Crippen LogP contribution in [0.3, 0.4) is 0 Å². The first-order valence-electron chi connectivity index (χ1n) is 4.12. The molecular weight excluding hydrogens is 152 g/mol. The van der Waals surface area contributed by atoms with Crippen molar-refractivity contribution < 1.29 is 4.42 Å². The maximum Gasteiger partial charge on any atom is 0.0950 e. The zero-order chi connectivity index (χ0) is 8.97. The van der Waals surface area contributed by atoms with E-state index in [0.717, 1.165) is 18.5 Å². The monoisotopic (exact) mass is 168 g/mol. The quantitative estimate of drug-likeness (QED) is 0.735. The summed E-state index contributed by atoms with van der Waals surface area (Å²) in [6, 6.07) is 2.02. The predicted molar refractivity (Wildman–Crippen MR) is 48.8 cm³/mol. The van der Waals surface area contributed by atoms with Crippen LogP contribution in [0.2, 0.25) is 0 Å². The van der Waals surface area contributed by atoms with Gasteiger partial charge >= 0.3 is 0 Å². The van der Waals surface area contributed by atoms with E-state index in [1.807, 2.05) is 20.2 Å². The van der Waals surface area contributed by atoms with Gasteiger partial charge in [-0.25, -0.2) is 0 Å². The van der Waals surface area contributed by atoms with Crippen LogP contribution in [-0.4, -0.2) is 25.5 Å². The van der Waals surface area contributed by atoms with Crippen molar-refractivity contribution in [1.82, 2.24) is 4.90 Å². The van der Waals surface area contributed by atoms with Gasteiger partial charge < -0.3 is 15.1 Å². The lowest BCUT2D eigenvalue weighted by molar-refractivity contribution is 0.382. The fourth-order valence-corrected chi connectivity index (χ4v) is 1.05. The van der Waals surface area contributed by atoms with Gasteiger partial charge in [-0.1, -0.05) is 0 Å². The topological polar surface area (TPSA) is 42.4 Å². The smallest absolute Gasteiger partial charge is 0.0950 e. The molecule has 0 amide bonds. The molecule has 0 aliphatic carbocycles.